The van der Waals surface area contributed by atoms with Gasteiger partial charge in [-0.05, 0) is 82.6 Å². The van der Waals surface area contributed by atoms with Gasteiger partial charge >= 0.3 is 0 Å². The number of aromatic nitrogens is 5. The van der Waals surface area contributed by atoms with Crippen LogP contribution in [0.15, 0.2) is 59.3 Å². The van der Waals surface area contributed by atoms with Gasteiger partial charge in [-0.25, -0.2) is 9.97 Å². The molecule has 0 amide bonds. The van der Waals surface area contributed by atoms with Crippen molar-refractivity contribution >= 4 is 45.3 Å². The van der Waals surface area contributed by atoms with Gasteiger partial charge in [-0.15, -0.1) is 0 Å². The van der Waals surface area contributed by atoms with Gasteiger partial charge in [-0.3, -0.25) is 10.1 Å². The van der Waals surface area contributed by atoms with Crippen LogP contribution in [0, 0.1) is 5.41 Å². The quantitative estimate of drug-likeness (QED) is 0.318. The summed E-state index contributed by atoms with van der Waals surface area (Å²) < 4.78 is 17.6. The fourth-order valence-electron chi connectivity index (χ4n) is 6.26. The number of rotatable bonds is 3. The molecule has 0 saturated heterocycles. The van der Waals surface area contributed by atoms with E-state index in [1.54, 1.807) is 0 Å². The summed E-state index contributed by atoms with van der Waals surface area (Å²) in [5, 5.41) is 7.76. The number of benzene rings is 1. The van der Waals surface area contributed by atoms with E-state index in [-0.39, 0.29) is 5.41 Å². The Morgan fingerprint density at radius 2 is 1.98 bits per heavy atom. The average Bonchev–Trinajstić information content (AvgIpc) is 3.51. The number of aromatic amines is 1. The monoisotopic (exact) mass is 551 g/mol. The van der Waals surface area contributed by atoms with E-state index < -0.39 is 16.1 Å². The molecule has 4 aromatic rings. The number of hydrogen-bond acceptors (Lipinski definition) is 7. The number of fused-ring (bicyclic) bond motifs is 3. The second-order valence-corrected chi connectivity index (χ2v) is 14.0. The molecule has 1 aliphatic heterocycles. The second-order valence-electron chi connectivity index (χ2n) is 12.1. The molecule has 1 N–H and O–H groups in total. The molecule has 4 heterocycles. The van der Waals surface area contributed by atoms with Crippen molar-refractivity contribution in [1.82, 2.24) is 25.1 Å². The normalized spacial score (nSPS) is 22.4. The van der Waals surface area contributed by atoms with Gasteiger partial charge < -0.3 is 9.45 Å². The first-order valence-corrected chi connectivity index (χ1v) is 15.1. The number of allylic oxidation sites excluding steroid dienone is 2. The molecule has 2 aliphatic carbocycles. The van der Waals surface area contributed by atoms with Crippen LogP contribution < -0.4 is 4.90 Å². The smallest absolute Gasteiger partial charge is 0.183 e. The number of aryl methyl sites for hydroxylation is 1. The van der Waals surface area contributed by atoms with Crippen LogP contribution >= 0.6 is 0 Å². The Hall–Kier alpha value is -3.56. The third-order valence-corrected chi connectivity index (χ3v) is 9.80. The molecule has 1 aromatic carbocycles. The van der Waals surface area contributed by atoms with Gasteiger partial charge in [-0.1, -0.05) is 34.7 Å². The minimum atomic E-state index is -1.31. The summed E-state index contributed by atoms with van der Waals surface area (Å²) in [5.41, 5.74) is 9.04. The first-order chi connectivity index (χ1) is 19.3. The predicted octanol–water partition coefficient (Wildman–Crippen LogP) is 5.89. The van der Waals surface area contributed by atoms with E-state index in [9.17, 15) is 4.55 Å². The maximum atomic E-state index is 13.1. The molecule has 7 rings (SSSR count). The van der Waals surface area contributed by atoms with Crippen LogP contribution in [0.5, 0.6) is 0 Å². The van der Waals surface area contributed by atoms with Gasteiger partial charge in [0.05, 0.1) is 23.3 Å². The first-order valence-electron chi connectivity index (χ1n) is 14.0. The van der Waals surface area contributed by atoms with Crippen molar-refractivity contribution in [3.05, 3.63) is 77.4 Å². The molecule has 204 valence electrons. The number of H-pyrrole nitrogens is 1. The second kappa shape index (κ2) is 9.52. The summed E-state index contributed by atoms with van der Waals surface area (Å²) in [6.45, 7) is 6.82. The molecule has 3 aromatic heterocycles. The molecule has 0 bridgehead atoms. The fourth-order valence-corrected chi connectivity index (χ4v) is 6.99. The van der Waals surface area contributed by atoms with E-state index in [2.05, 4.69) is 56.5 Å². The van der Waals surface area contributed by atoms with Crippen LogP contribution in [0.4, 0.5) is 11.5 Å². The molecular weight excluding hydrogens is 518 g/mol. The molecule has 3 aliphatic rings. The summed E-state index contributed by atoms with van der Waals surface area (Å²) in [6, 6.07) is 12.5. The van der Waals surface area contributed by atoms with E-state index in [0.29, 0.717) is 5.65 Å². The Bertz CT molecular complexity index is 1670. The Morgan fingerprint density at radius 3 is 2.80 bits per heavy atom. The zero-order chi connectivity index (χ0) is 27.5. The van der Waals surface area contributed by atoms with E-state index in [1.807, 2.05) is 39.2 Å². The molecule has 40 heavy (non-hydrogen) atoms. The maximum Gasteiger partial charge on any atom is 0.183 e. The summed E-state index contributed by atoms with van der Waals surface area (Å²) in [6.07, 6.45) is 11.6. The van der Waals surface area contributed by atoms with Crippen LogP contribution in [-0.2, 0) is 24.2 Å². The van der Waals surface area contributed by atoms with Crippen molar-refractivity contribution in [3.8, 4) is 0 Å². The lowest BCUT2D eigenvalue weighted by molar-refractivity contribution is 0.394. The zero-order valence-corrected chi connectivity index (χ0v) is 24.0. The average molecular weight is 552 g/mol. The number of anilines is 2. The highest BCUT2D eigenvalue weighted by atomic mass is 32.2. The molecule has 9 heteroatoms. The van der Waals surface area contributed by atoms with E-state index in [4.69, 9.17) is 14.4 Å². The number of nitrogens with one attached hydrogen (secondary N) is 1. The molecule has 1 spiro atoms. The van der Waals surface area contributed by atoms with Crippen LogP contribution in [0.2, 0.25) is 0 Å². The third kappa shape index (κ3) is 4.23. The Kier molecular flexibility index (Phi) is 6.05. The topological polar surface area (TPSA) is 106 Å². The molecule has 1 unspecified atom stereocenters. The van der Waals surface area contributed by atoms with Gasteiger partial charge in [0.25, 0.3) is 0 Å². The minimum absolute atomic E-state index is 0.136. The Balaban J connectivity index is 1.19. The minimum Gasteiger partial charge on any atom is -0.591 e. The van der Waals surface area contributed by atoms with Gasteiger partial charge in [0.2, 0.25) is 0 Å². The predicted molar refractivity (Wildman–Crippen MR) is 160 cm³/mol. The highest BCUT2D eigenvalue weighted by Crippen LogP contribution is 2.49. The van der Waals surface area contributed by atoms with Crippen molar-refractivity contribution in [2.24, 2.45) is 9.81 Å². The van der Waals surface area contributed by atoms with Crippen LogP contribution in [-0.4, -0.2) is 46.7 Å². The lowest BCUT2D eigenvalue weighted by atomic mass is 9.71. The van der Waals surface area contributed by atoms with E-state index in [1.165, 1.54) is 11.1 Å². The molecule has 0 fully saturated rings. The highest BCUT2D eigenvalue weighted by Gasteiger charge is 2.46. The van der Waals surface area contributed by atoms with E-state index >= 15 is 0 Å². The summed E-state index contributed by atoms with van der Waals surface area (Å²) in [5.74, 6) is 0.802. The van der Waals surface area contributed by atoms with Crippen molar-refractivity contribution in [1.29, 1.82) is 0 Å². The van der Waals surface area contributed by atoms with Crippen molar-refractivity contribution < 1.29 is 4.55 Å². The van der Waals surface area contributed by atoms with Gasteiger partial charge in [0.15, 0.2) is 17.0 Å². The van der Waals surface area contributed by atoms with Gasteiger partial charge in [0.1, 0.15) is 21.8 Å². The summed E-state index contributed by atoms with van der Waals surface area (Å²) in [4.78, 5) is 16.6. The summed E-state index contributed by atoms with van der Waals surface area (Å²) in [7, 11) is 0. The van der Waals surface area contributed by atoms with Gasteiger partial charge in [0, 0.05) is 23.7 Å². The van der Waals surface area contributed by atoms with Crippen LogP contribution in [0.25, 0.3) is 16.7 Å². The molecule has 0 radical (unpaired) electrons. The fraction of sp³-hybridized carbons (Fsp3) is 0.387. The van der Waals surface area contributed by atoms with Crippen molar-refractivity contribution in [2.45, 2.75) is 64.0 Å². The van der Waals surface area contributed by atoms with Crippen molar-refractivity contribution in [2.75, 3.05) is 11.4 Å². The summed E-state index contributed by atoms with van der Waals surface area (Å²) >= 11 is -1.31. The lowest BCUT2D eigenvalue weighted by Gasteiger charge is -2.33. The first kappa shape index (κ1) is 25.4. The third-order valence-electron chi connectivity index (χ3n) is 8.40. The number of nitrogens with zero attached hydrogens (tertiary/aromatic N) is 6. The van der Waals surface area contributed by atoms with Crippen LogP contribution in [0.1, 0.15) is 69.0 Å². The van der Waals surface area contributed by atoms with Crippen LogP contribution in [0.3, 0.4) is 0 Å². The zero-order valence-electron chi connectivity index (χ0n) is 23.1. The molecule has 2 atom stereocenters. The largest absolute Gasteiger partial charge is 0.591 e. The highest BCUT2D eigenvalue weighted by molar-refractivity contribution is 7.91. The number of pyridine rings is 1. The standard InChI is InChI=1S/C31H33N7OS/c1-30(2,3)40(39)37-27-22-9-5-4-8-21(22)18-31(27)14-12-20(13-15-31)24-19-33-26-28(34-24)35-36-29(26)38-17-7-10-23-25(38)11-6-16-32-23/h4-6,8-9,11-12,16,19H,7,10,13-15,17-18H2,1-3H3,(H,34,35,36)/b37-27+/t31-,40?/m0/s1. The Labute approximate surface area is 237 Å². The number of hydrogen-bond donors (Lipinski definition) is 1. The molecule has 8 nitrogen and oxygen atoms in total. The maximum absolute atomic E-state index is 13.1. The molecule has 0 saturated carbocycles. The van der Waals surface area contributed by atoms with Gasteiger partial charge in [-0.2, -0.15) is 5.10 Å². The van der Waals surface area contributed by atoms with Crippen molar-refractivity contribution in [3.63, 3.8) is 0 Å². The lowest BCUT2D eigenvalue weighted by Crippen LogP contribution is -2.34. The SMILES string of the molecule is CC(C)(C)[S+]([O-])/N=C1\c2ccccc2C[C@@]12CC=C(c1cnc3c(N4CCCc5ncccc54)n[nH]c3n1)CC2. The Morgan fingerprint density at radius 1 is 1.10 bits per heavy atom. The molecular formula is C31H33N7OS. The van der Waals surface area contributed by atoms with E-state index in [0.717, 1.165) is 84.8 Å².